The van der Waals surface area contributed by atoms with Crippen LogP contribution in [0.5, 0.6) is 0 Å². The lowest BCUT2D eigenvalue weighted by molar-refractivity contribution is -0.121. The normalized spacial score (nSPS) is 12.0. The summed E-state index contributed by atoms with van der Waals surface area (Å²) < 4.78 is 1.17. The highest BCUT2D eigenvalue weighted by atomic mass is 32.1. The molecule has 0 saturated carbocycles. The molecule has 140 valence electrons. The minimum Gasteiger partial charge on any atom is -0.345 e. The number of benzene rings is 3. The summed E-state index contributed by atoms with van der Waals surface area (Å²) in [6, 6.07) is 26.4. The summed E-state index contributed by atoms with van der Waals surface area (Å²) in [5.41, 5.74) is 4.38. The Morgan fingerprint density at radius 2 is 1.61 bits per heavy atom. The maximum atomic E-state index is 12.7. The Labute approximate surface area is 169 Å². The lowest BCUT2D eigenvalue weighted by Gasteiger charge is -2.20. The van der Waals surface area contributed by atoms with Crippen LogP contribution in [0.4, 0.5) is 0 Å². The third-order valence-electron chi connectivity index (χ3n) is 4.75. The SMILES string of the molecule is Cc1ccc(C(NC(=O)CCc2nc3ccccc3s2)c2ccccc2)cc1. The largest absolute Gasteiger partial charge is 0.345 e. The van der Waals surface area contributed by atoms with Crippen molar-refractivity contribution in [1.29, 1.82) is 0 Å². The van der Waals surface area contributed by atoms with Crippen LogP contribution in [0.1, 0.15) is 34.2 Å². The minimum absolute atomic E-state index is 0.0358. The number of rotatable bonds is 6. The fraction of sp³-hybridized carbons (Fsp3) is 0.167. The van der Waals surface area contributed by atoms with E-state index in [1.165, 1.54) is 10.3 Å². The van der Waals surface area contributed by atoms with Crippen molar-refractivity contribution in [3.8, 4) is 0 Å². The van der Waals surface area contributed by atoms with Gasteiger partial charge in [0.1, 0.15) is 0 Å². The molecule has 0 spiro atoms. The highest BCUT2D eigenvalue weighted by Crippen LogP contribution is 2.24. The van der Waals surface area contributed by atoms with Crippen molar-refractivity contribution in [3.05, 3.63) is 101 Å². The number of hydrogen-bond donors (Lipinski definition) is 1. The summed E-state index contributed by atoms with van der Waals surface area (Å²) in [5.74, 6) is 0.0358. The van der Waals surface area contributed by atoms with Gasteiger partial charge in [-0.2, -0.15) is 0 Å². The molecular formula is C24H22N2OS. The van der Waals surface area contributed by atoms with Crippen molar-refractivity contribution < 1.29 is 4.79 Å². The Morgan fingerprint density at radius 1 is 0.929 bits per heavy atom. The number of nitrogens with one attached hydrogen (secondary N) is 1. The summed E-state index contributed by atoms with van der Waals surface area (Å²) in [7, 11) is 0. The number of hydrogen-bond acceptors (Lipinski definition) is 3. The molecule has 0 bridgehead atoms. The quantitative estimate of drug-likeness (QED) is 0.479. The van der Waals surface area contributed by atoms with Crippen LogP contribution in [0.15, 0.2) is 78.9 Å². The third kappa shape index (κ3) is 4.29. The first-order valence-corrected chi connectivity index (χ1v) is 10.3. The lowest BCUT2D eigenvalue weighted by Crippen LogP contribution is -2.29. The zero-order valence-electron chi connectivity index (χ0n) is 15.8. The van der Waals surface area contributed by atoms with E-state index >= 15 is 0 Å². The maximum absolute atomic E-state index is 12.7. The highest BCUT2D eigenvalue weighted by Gasteiger charge is 2.17. The van der Waals surface area contributed by atoms with E-state index in [4.69, 9.17) is 0 Å². The molecule has 3 aromatic carbocycles. The fourth-order valence-electron chi connectivity index (χ4n) is 3.24. The van der Waals surface area contributed by atoms with E-state index < -0.39 is 0 Å². The van der Waals surface area contributed by atoms with Gasteiger partial charge in [-0.25, -0.2) is 4.98 Å². The Morgan fingerprint density at radius 3 is 2.36 bits per heavy atom. The van der Waals surface area contributed by atoms with Crippen molar-refractivity contribution in [3.63, 3.8) is 0 Å². The topological polar surface area (TPSA) is 42.0 Å². The highest BCUT2D eigenvalue weighted by molar-refractivity contribution is 7.18. The summed E-state index contributed by atoms with van der Waals surface area (Å²) >= 11 is 1.66. The summed E-state index contributed by atoms with van der Waals surface area (Å²) in [6.07, 6.45) is 1.08. The molecule has 1 aromatic heterocycles. The van der Waals surface area contributed by atoms with Crippen LogP contribution in [0, 0.1) is 6.92 Å². The number of fused-ring (bicyclic) bond motifs is 1. The molecule has 1 unspecified atom stereocenters. The monoisotopic (exact) mass is 386 g/mol. The molecule has 0 aliphatic carbocycles. The van der Waals surface area contributed by atoms with E-state index in [1.54, 1.807) is 11.3 Å². The number of aromatic nitrogens is 1. The van der Waals surface area contributed by atoms with Crippen molar-refractivity contribution in [2.75, 3.05) is 0 Å². The minimum atomic E-state index is -0.148. The summed E-state index contributed by atoms with van der Waals surface area (Å²) in [4.78, 5) is 17.3. The van der Waals surface area contributed by atoms with Crippen LogP contribution < -0.4 is 5.32 Å². The molecule has 1 amide bonds. The van der Waals surface area contributed by atoms with Gasteiger partial charge in [0.05, 0.1) is 21.3 Å². The predicted molar refractivity (Wildman–Crippen MR) is 116 cm³/mol. The van der Waals surface area contributed by atoms with E-state index in [0.29, 0.717) is 12.8 Å². The van der Waals surface area contributed by atoms with Gasteiger partial charge in [0.2, 0.25) is 5.91 Å². The van der Waals surface area contributed by atoms with Crippen molar-refractivity contribution >= 4 is 27.5 Å². The number of amides is 1. The fourth-order valence-corrected chi connectivity index (χ4v) is 4.21. The smallest absolute Gasteiger partial charge is 0.221 e. The van der Waals surface area contributed by atoms with Crippen molar-refractivity contribution in [2.24, 2.45) is 0 Å². The zero-order chi connectivity index (χ0) is 19.3. The van der Waals surface area contributed by atoms with Gasteiger partial charge in [-0.1, -0.05) is 72.3 Å². The Bertz CT molecular complexity index is 1040. The number of aryl methyl sites for hydroxylation is 2. The lowest BCUT2D eigenvalue weighted by atomic mass is 9.97. The van der Waals surface area contributed by atoms with E-state index in [1.807, 2.05) is 36.4 Å². The predicted octanol–water partition coefficient (Wildman–Crippen LogP) is 5.44. The van der Waals surface area contributed by atoms with Gasteiger partial charge in [-0.05, 0) is 30.2 Å². The molecule has 1 heterocycles. The van der Waals surface area contributed by atoms with Gasteiger partial charge in [-0.3, -0.25) is 4.79 Å². The molecule has 0 aliphatic rings. The van der Waals surface area contributed by atoms with Crippen LogP contribution >= 0.6 is 11.3 Å². The van der Waals surface area contributed by atoms with E-state index in [2.05, 4.69) is 59.7 Å². The van der Waals surface area contributed by atoms with E-state index in [9.17, 15) is 4.79 Å². The average Bonchev–Trinajstić information content (AvgIpc) is 3.15. The first-order chi connectivity index (χ1) is 13.7. The first-order valence-electron chi connectivity index (χ1n) is 9.44. The van der Waals surface area contributed by atoms with Gasteiger partial charge in [0.25, 0.3) is 0 Å². The average molecular weight is 387 g/mol. The molecule has 4 heteroatoms. The Kier molecular flexibility index (Phi) is 5.49. The number of thiazole rings is 1. The van der Waals surface area contributed by atoms with Gasteiger partial charge in [-0.15, -0.1) is 11.3 Å². The summed E-state index contributed by atoms with van der Waals surface area (Å²) in [6.45, 7) is 2.07. The first kappa shape index (κ1) is 18.4. The van der Waals surface area contributed by atoms with Crippen LogP contribution in [0.3, 0.4) is 0 Å². The second-order valence-electron chi connectivity index (χ2n) is 6.90. The van der Waals surface area contributed by atoms with Crippen LogP contribution in [-0.2, 0) is 11.2 Å². The number of nitrogens with zero attached hydrogens (tertiary/aromatic N) is 1. The zero-order valence-corrected chi connectivity index (χ0v) is 16.6. The van der Waals surface area contributed by atoms with Crippen LogP contribution in [-0.4, -0.2) is 10.9 Å². The van der Waals surface area contributed by atoms with Crippen LogP contribution in [0.2, 0.25) is 0 Å². The second kappa shape index (κ2) is 8.36. The molecule has 4 rings (SSSR count). The molecule has 0 saturated heterocycles. The molecule has 0 fully saturated rings. The second-order valence-corrected chi connectivity index (χ2v) is 8.01. The molecule has 0 radical (unpaired) electrons. The number of carbonyl (C=O) groups is 1. The Hall–Kier alpha value is -2.98. The third-order valence-corrected chi connectivity index (χ3v) is 5.85. The molecule has 1 N–H and O–H groups in total. The molecule has 4 aromatic rings. The van der Waals surface area contributed by atoms with Crippen molar-refractivity contribution in [2.45, 2.75) is 25.8 Å². The summed E-state index contributed by atoms with van der Waals surface area (Å²) in [5, 5.41) is 4.21. The van der Waals surface area contributed by atoms with Gasteiger partial charge >= 0.3 is 0 Å². The molecule has 0 aliphatic heterocycles. The standard InChI is InChI=1S/C24H22N2OS/c1-17-11-13-19(14-12-17)24(18-7-3-2-4-8-18)26-22(27)15-16-23-25-20-9-5-6-10-21(20)28-23/h2-14,24H,15-16H2,1H3,(H,26,27). The van der Waals surface area contributed by atoms with Gasteiger partial charge < -0.3 is 5.32 Å². The van der Waals surface area contributed by atoms with Crippen molar-refractivity contribution in [1.82, 2.24) is 10.3 Å². The molecule has 3 nitrogen and oxygen atoms in total. The number of para-hydroxylation sites is 1. The molecular weight excluding hydrogens is 364 g/mol. The molecule has 28 heavy (non-hydrogen) atoms. The number of carbonyl (C=O) groups excluding carboxylic acids is 1. The molecule has 1 atom stereocenters. The van der Waals surface area contributed by atoms with Gasteiger partial charge in [0, 0.05) is 12.8 Å². The van der Waals surface area contributed by atoms with Crippen LogP contribution in [0.25, 0.3) is 10.2 Å². The van der Waals surface area contributed by atoms with Gasteiger partial charge in [0.15, 0.2) is 0 Å². The Balaban J connectivity index is 1.48. The maximum Gasteiger partial charge on any atom is 0.221 e. The van der Waals surface area contributed by atoms with E-state index in [0.717, 1.165) is 21.7 Å². The van der Waals surface area contributed by atoms with E-state index in [-0.39, 0.29) is 11.9 Å².